The first-order valence-electron chi connectivity index (χ1n) is 8.41. The Morgan fingerprint density at radius 3 is 2.72 bits per heavy atom. The minimum atomic E-state index is -0.251. The van der Waals surface area contributed by atoms with Gasteiger partial charge in [0.15, 0.2) is 0 Å². The molecule has 0 saturated carbocycles. The molecule has 1 unspecified atom stereocenters. The van der Waals surface area contributed by atoms with Crippen LogP contribution in [0.3, 0.4) is 0 Å². The molecule has 1 heterocycles. The van der Waals surface area contributed by atoms with Crippen molar-refractivity contribution in [3.63, 3.8) is 0 Å². The van der Waals surface area contributed by atoms with E-state index >= 15 is 0 Å². The van der Waals surface area contributed by atoms with E-state index in [1.54, 1.807) is 0 Å². The highest BCUT2D eigenvalue weighted by Gasteiger charge is 2.14. The number of urea groups is 1. The Kier molecular flexibility index (Phi) is 5.23. The van der Waals surface area contributed by atoms with Crippen LogP contribution in [0.2, 0.25) is 0 Å². The van der Waals surface area contributed by atoms with Crippen molar-refractivity contribution in [1.82, 2.24) is 10.6 Å². The predicted octanol–water partition coefficient (Wildman–Crippen LogP) is 4.39. The molecule has 1 aromatic heterocycles. The van der Waals surface area contributed by atoms with Crippen LogP contribution in [0.15, 0.2) is 59.0 Å². The summed E-state index contributed by atoms with van der Waals surface area (Å²) in [6.45, 7) is 4.82. The summed E-state index contributed by atoms with van der Waals surface area (Å²) in [4.78, 5) is 12.2. The number of fused-ring (bicyclic) bond motifs is 1. The molecule has 25 heavy (non-hydrogen) atoms. The second-order valence-electron chi connectivity index (χ2n) is 5.78. The zero-order valence-corrected chi connectivity index (χ0v) is 14.4. The fraction of sp³-hybridized carbons (Fsp3) is 0.250. The number of para-hydroxylation sites is 2. The Morgan fingerprint density at radius 2 is 1.92 bits per heavy atom. The lowest BCUT2D eigenvalue weighted by Gasteiger charge is -2.14. The molecule has 3 aromatic rings. The molecule has 2 amide bonds. The molecule has 5 nitrogen and oxygen atoms in total. The van der Waals surface area contributed by atoms with Gasteiger partial charge in [0.2, 0.25) is 0 Å². The smallest absolute Gasteiger partial charge is 0.315 e. The fourth-order valence-corrected chi connectivity index (χ4v) is 2.66. The van der Waals surface area contributed by atoms with Crippen LogP contribution in [0.5, 0.6) is 5.75 Å². The number of hydrogen-bond acceptors (Lipinski definition) is 3. The maximum Gasteiger partial charge on any atom is 0.315 e. The Bertz CT molecular complexity index is 824. The second-order valence-corrected chi connectivity index (χ2v) is 5.78. The summed E-state index contributed by atoms with van der Waals surface area (Å²) < 4.78 is 11.3. The average molecular weight is 338 g/mol. The van der Waals surface area contributed by atoms with Crippen LogP contribution in [0.1, 0.15) is 31.2 Å². The van der Waals surface area contributed by atoms with E-state index in [1.165, 1.54) is 0 Å². The molecule has 0 aliphatic carbocycles. The standard InChI is InChI=1S/C20H22N2O3/c1-3-24-17-10-6-5-9-16(17)13-21-20(23)22-14(2)19-12-15-8-4-7-11-18(15)25-19/h4-12,14H,3,13H2,1-2H3,(H2,21,22,23). The molecule has 0 saturated heterocycles. The van der Waals surface area contributed by atoms with E-state index in [1.807, 2.05) is 68.4 Å². The van der Waals surface area contributed by atoms with Gasteiger partial charge in [-0.25, -0.2) is 4.79 Å². The fourth-order valence-electron chi connectivity index (χ4n) is 2.66. The van der Waals surface area contributed by atoms with Gasteiger partial charge in [0.05, 0.1) is 12.6 Å². The van der Waals surface area contributed by atoms with Crippen LogP contribution in [0.25, 0.3) is 11.0 Å². The van der Waals surface area contributed by atoms with Gasteiger partial charge in [-0.3, -0.25) is 0 Å². The second kappa shape index (κ2) is 7.75. The van der Waals surface area contributed by atoms with Gasteiger partial charge in [-0.1, -0.05) is 36.4 Å². The van der Waals surface area contributed by atoms with Crippen molar-refractivity contribution in [2.45, 2.75) is 26.4 Å². The summed E-state index contributed by atoms with van der Waals surface area (Å²) in [7, 11) is 0. The zero-order valence-electron chi connectivity index (χ0n) is 14.4. The maximum absolute atomic E-state index is 12.2. The van der Waals surface area contributed by atoms with Crippen LogP contribution in [-0.2, 0) is 6.54 Å². The minimum absolute atomic E-state index is 0.227. The summed E-state index contributed by atoms with van der Waals surface area (Å²) in [5.41, 5.74) is 1.76. The third-order valence-corrected chi connectivity index (χ3v) is 3.93. The molecule has 0 aliphatic rings. The molecular formula is C20H22N2O3. The highest BCUT2D eigenvalue weighted by atomic mass is 16.5. The highest BCUT2D eigenvalue weighted by molar-refractivity contribution is 5.78. The molecule has 0 spiro atoms. The number of hydrogen-bond donors (Lipinski definition) is 2. The number of furan rings is 1. The van der Waals surface area contributed by atoms with Gasteiger partial charge in [0.25, 0.3) is 0 Å². The molecular weight excluding hydrogens is 316 g/mol. The molecule has 130 valence electrons. The van der Waals surface area contributed by atoms with Crippen molar-refractivity contribution in [2.24, 2.45) is 0 Å². The predicted molar refractivity (Wildman–Crippen MR) is 97.6 cm³/mol. The summed E-state index contributed by atoms with van der Waals surface area (Å²) in [6, 6.07) is 16.9. The lowest BCUT2D eigenvalue weighted by molar-refractivity contribution is 0.235. The van der Waals surface area contributed by atoms with E-state index < -0.39 is 0 Å². The van der Waals surface area contributed by atoms with Gasteiger partial charge in [0, 0.05) is 17.5 Å². The van der Waals surface area contributed by atoms with E-state index in [-0.39, 0.29) is 12.1 Å². The van der Waals surface area contributed by atoms with E-state index in [0.717, 1.165) is 28.0 Å². The Balaban J connectivity index is 1.59. The van der Waals surface area contributed by atoms with Crippen LogP contribution in [-0.4, -0.2) is 12.6 Å². The SMILES string of the molecule is CCOc1ccccc1CNC(=O)NC(C)c1cc2ccccc2o1. The minimum Gasteiger partial charge on any atom is -0.494 e. The van der Waals surface area contributed by atoms with Crippen molar-refractivity contribution >= 4 is 17.0 Å². The van der Waals surface area contributed by atoms with Gasteiger partial charge < -0.3 is 19.8 Å². The number of nitrogens with one attached hydrogen (secondary N) is 2. The number of amides is 2. The Hall–Kier alpha value is -2.95. The van der Waals surface area contributed by atoms with Crippen LogP contribution >= 0.6 is 0 Å². The number of ether oxygens (including phenoxy) is 1. The molecule has 3 rings (SSSR count). The van der Waals surface area contributed by atoms with E-state index in [2.05, 4.69) is 10.6 Å². The highest BCUT2D eigenvalue weighted by Crippen LogP contribution is 2.23. The largest absolute Gasteiger partial charge is 0.494 e. The zero-order chi connectivity index (χ0) is 17.6. The number of carbonyl (C=O) groups excluding carboxylic acids is 1. The molecule has 0 bridgehead atoms. The van der Waals surface area contributed by atoms with Crippen molar-refractivity contribution in [1.29, 1.82) is 0 Å². The lowest BCUT2D eigenvalue weighted by atomic mass is 10.2. The van der Waals surface area contributed by atoms with Gasteiger partial charge in [-0.05, 0) is 32.0 Å². The first-order chi connectivity index (χ1) is 12.2. The molecule has 2 aromatic carbocycles. The van der Waals surface area contributed by atoms with Gasteiger partial charge in [-0.2, -0.15) is 0 Å². The van der Waals surface area contributed by atoms with Crippen molar-refractivity contribution < 1.29 is 13.9 Å². The number of benzene rings is 2. The van der Waals surface area contributed by atoms with Crippen molar-refractivity contribution in [3.05, 3.63) is 65.9 Å². The lowest BCUT2D eigenvalue weighted by Crippen LogP contribution is -2.36. The molecule has 0 aliphatic heterocycles. The van der Waals surface area contributed by atoms with Crippen molar-refractivity contribution in [2.75, 3.05) is 6.61 Å². The molecule has 5 heteroatoms. The first kappa shape index (κ1) is 16.9. The summed E-state index contributed by atoms with van der Waals surface area (Å²) in [6.07, 6.45) is 0. The van der Waals surface area contributed by atoms with E-state index in [9.17, 15) is 4.79 Å². The van der Waals surface area contributed by atoms with E-state index in [4.69, 9.17) is 9.15 Å². The molecule has 0 radical (unpaired) electrons. The van der Waals surface area contributed by atoms with Crippen molar-refractivity contribution in [3.8, 4) is 5.75 Å². The van der Waals surface area contributed by atoms with Crippen LogP contribution in [0.4, 0.5) is 4.79 Å². The third kappa shape index (κ3) is 4.12. The van der Waals surface area contributed by atoms with Gasteiger partial charge in [0.1, 0.15) is 17.1 Å². The molecule has 0 fully saturated rings. The Morgan fingerprint density at radius 1 is 1.16 bits per heavy atom. The summed E-state index contributed by atoms with van der Waals surface area (Å²) >= 11 is 0. The quantitative estimate of drug-likeness (QED) is 0.700. The third-order valence-electron chi connectivity index (χ3n) is 3.93. The molecule has 2 N–H and O–H groups in total. The summed E-state index contributed by atoms with van der Waals surface area (Å²) in [5.74, 6) is 1.52. The number of carbonyl (C=O) groups is 1. The van der Waals surface area contributed by atoms with Gasteiger partial charge >= 0.3 is 6.03 Å². The summed E-state index contributed by atoms with van der Waals surface area (Å²) in [5, 5.41) is 6.78. The van der Waals surface area contributed by atoms with E-state index in [0.29, 0.717) is 13.2 Å². The van der Waals surface area contributed by atoms with Gasteiger partial charge in [-0.15, -0.1) is 0 Å². The normalized spacial score (nSPS) is 11.9. The monoisotopic (exact) mass is 338 g/mol. The van der Waals surface area contributed by atoms with Crippen LogP contribution in [0, 0.1) is 0 Å². The Labute approximate surface area is 147 Å². The van der Waals surface area contributed by atoms with Crippen LogP contribution < -0.4 is 15.4 Å². The first-order valence-corrected chi connectivity index (χ1v) is 8.41. The maximum atomic E-state index is 12.2. The average Bonchev–Trinajstić information content (AvgIpc) is 3.05. The topological polar surface area (TPSA) is 63.5 Å². The molecule has 1 atom stereocenters. The number of rotatable bonds is 6.